The Balaban J connectivity index is 1.53. The first-order valence-corrected chi connectivity index (χ1v) is 6.45. The van der Waals surface area contributed by atoms with Gasteiger partial charge in [-0.05, 0) is 19.3 Å². The van der Waals surface area contributed by atoms with Crippen molar-refractivity contribution in [2.75, 3.05) is 39.4 Å². The lowest BCUT2D eigenvalue weighted by Crippen LogP contribution is -2.45. The average molecular weight is 224 g/mol. The molecule has 4 nitrogen and oxygen atoms in total. The van der Waals surface area contributed by atoms with Crippen LogP contribution in [0.1, 0.15) is 19.3 Å². The van der Waals surface area contributed by atoms with Crippen molar-refractivity contribution in [1.82, 2.24) is 9.80 Å². The van der Waals surface area contributed by atoms with Crippen LogP contribution >= 0.6 is 0 Å². The predicted octanol–water partition coefficient (Wildman–Crippen LogP) is 0.329. The minimum absolute atomic E-state index is 0.378. The minimum atomic E-state index is 0.378. The number of amides is 1. The van der Waals surface area contributed by atoms with Gasteiger partial charge in [-0.25, -0.2) is 0 Å². The van der Waals surface area contributed by atoms with Gasteiger partial charge < -0.3 is 9.64 Å². The van der Waals surface area contributed by atoms with E-state index in [-0.39, 0.29) is 0 Å². The number of hydrogen-bond acceptors (Lipinski definition) is 3. The van der Waals surface area contributed by atoms with Crippen LogP contribution in [0.5, 0.6) is 0 Å². The zero-order chi connectivity index (χ0) is 11.0. The zero-order valence-corrected chi connectivity index (χ0v) is 9.73. The standard InChI is InChI=1S/C12H20N2O2/c15-12(10-1-2-10)14-4-3-11(9-14)13-5-7-16-8-6-13/h10-11H,1-9H2. The lowest BCUT2D eigenvalue weighted by molar-refractivity contribution is -0.131. The Morgan fingerprint density at radius 3 is 2.50 bits per heavy atom. The fourth-order valence-corrected chi connectivity index (χ4v) is 2.77. The number of morpholine rings is 1. The maximum Gasteiger partial charge on any atom is 0.225 e. The Kier molecular flexibility index (Phi) is 2.86. The van der Waals surface area contributed by atoms with E-state index in [9.17, 15) is 4.79 Å². The molecule has 0 N–H and O–H groups in total. The van der Waals surface area contributed by atoms with Crippen LogP contribution in [-0.2, 0) is 9.53 Å². The monoisotopic (exact) mass is 224 g/mol. The maximum absolute atomic E-state index is 11.9. The van der Waals surface area contributed by atoms with Gasteiger partial charge in [-0.2, -0.15) is 0 Å². The Hall–Kier alpha value is -0.610. The molecular formula is C12H20N2O2. The van der Waals surface area contributed by atoms with Gasteiger partial charge >= 0.3 is 0 Å². The van der Waals surface area contributed by atoms with E-state index in [1.165, 1.54) is 0 Å². The quantitative estimate of drug-likeness (QED) is 0.677. The molecule has 0 aromatic carbocycles. The highest BCUT2D eigenvalue weighted by molar-refractivity contribution is 5.81. The summed E-state index contributed by atoms with van der Waals surface area (Å²) in [6.07, 6.45) is 3.40. The van der Waals surface area contributed by atoms with Gasteiger partial charge in [0, 0.05) is 38.1 Å². The lowest BCUT2D eigenvalue weighted by atomic mass is 10.2. The van der Waals surface area contributed by atoms with Crippen molar-refractivity contribution in [2.45, 2.75) is 25.3 Å². The van der Waals surface area contributed by atoms with Crippen LogP contribution in [0.15, 0.2) is 0 Å². The molecule has 3 fully saturated rings. The summed E-state index contributed by atoms with van der Waals surface area (Å²) >= 11 is 0. The topological polar surface area (TPSA) is 32.8 Å². The summed E-state index contributed by atoms with van der Waals surface area (Å²) in [5, 5.41) is 0. The minimum Gasteiger partial charge on any atom is -0.379 e. The van der Waals surface area contributed by atoms with E-state index in [2.05, 4.69) is 9.80 Å². The van der Waals surface area contributed by atoms with E-state index in [1.807, 2.05) is 0 Å². The van der Waals surface area contributed by atoms with E-state index in [4.69, 9.17) is 4.74 Å². The molecule has 0 aromatic rings. The summed E-state index contributed by atoms with van der Waals surface area (Å²) in [6.45, 7) is 5.71. The molecule has 3 rings (SSSR count). The molecule has 16 heavy (non-hydrogen) atoms. The molecule has 90 valence electrons. The molecule has 1 unspecified atom stereocenters. The van der Waals surface area contributed by atoms with Crippen LogP contribution in [0.3, 0.4) is 0 Å². The van der Waals surface area contributed by atoms with Gasteiger partial charge in [0.15, 0.2) is 0 Å². The van der Waals surface area contributed by atoms with E-state index in [0.717, 1.165) is 58.7 Å². The highest BCUT2D eigenvalue weighted by atomic mass is 16.5. The molecule has 2 aliphatic heterocycles. The second kappa shape index (κ2) is 4.34. The van der Waals surface area contributed by atoms with Crippen molar-refractivity contribution in [3.8, 4) is 0 Å². The molecule has 3 aliphatic rings. The Morgan fingerprint density at radius 2 is 1.81 bits per heavy atom. The summed E-state index contributed by atoms with van der Waals surface area (Å²) in [5.74, 6) is 0.791. The maximum atomic E-state index is 11.9. The second-order valence-electron chi connectivity index (χ2n) is 5.15. The first-order valence-electron chi connectivity index (χ1n) is 6.45. The number of likely N-dealkylation sites (tertiary alicyclic amines) is 1. The first-order chi connectivity index (χ1) is 7.84. The largest absolute Gasteiger partial charge is 0.379 e. The number of ether oxygens (including phenoxy) is 1. The van der Waals surface area contributed by atoms with Crippen molar-refractivity contribution < 1.29 is 9.53 Å². The molecule has 0 aromatic heterocycles. The summed E-state index contributed by atoms with van der Waals surface area (Å²) < 4.78 is 5.36. The van der Waals surface area contributed by atoms with Crippen LogP contribution in [-0.4, -0.2) is 61.1 Å². The third-order valence-electron chi connectivity index (χ3n) is 3.96. The molecule has 1 atom stereocenters. The molecule has 0 bridgehead atoms. The van der Waals surface area contributed by atoms with E-state index < -0.39 is 0 Å². The van der Waals surface area contributed by atoms with Crippen molar-refractivity contribution in [2.24, 2.45) is 5.92 Å². The van der Waals surface area contributed by atoms with E-state index in [1.54, 1.807) is 0 Å². The van der Waals surface area contributed by atoms with Gasteiger partial charge in [-0.1, -0.05) is 0 Å². The molecule has 4 heteroatoms. The molecule has 1 amide bonds. The third-order valence-corrected chi connectivity index (χ3v) is 3.96. The predicted molar refractivity (Wildman–Crippen MR) is 60.1 cm³/mol. The molecule has 0 radical (unpaired) electrons. The summed E-state index contributed by atoms with van der Waals surface area (Å²) in [7, 11) is 0. The average Bonchev–Trinajstić information content (AvgIpc) is 3.07. The van der Waals surface area contributed by atoms with Crippen LogP contribution in [0.2, 0.25) is 0 Å². The Labute approximate surface area is 96.5 Å². The van der Waals surface area contributed by atoms with Crippen molar-refractivity contribution >= 4 is 5.91 Å². The fraction of sp³-hybridized carbons (Fsp3) is 0.917. The van der Waals surface area contributed by atoms with Crippen molar-refractivity contribution in [1.29, 1.82) is 0 Å². The van der Waals surface area contributed by atoms with Gasteiger partial charge in [0.1, 0.15) is 0 Å². The van der Waals surface area contributed by atoms with Gasteiger partial charge in [-0.3, -0.25) is 9.69 Å². The van der Waals surface area contributed by atoms with Gasteiger partial charge in [0.25, 0.3) is 0 Å². The number of hydrogen-bond donors (Lipinski definition) is 0. The number of carbonyl (C=O) groups is 1. The third kappa shape index (κ3) is 2.09. The molecular weight excluding hydrogens is 204 g/mol. The molecule has 2 saturated heterocycles. The van der Waals surface area contributed by atoms with Crippen molar-refractivity contribution in [3.63, 3.8) is 0 Å². The summed E-state index contributed by atoms with van der Waals surface area (Å²) in [6, 6.07) is 0.589. The Bertz CT molecular complexity index is 272. The van der Waals surface area contributed by atoms with E-state index >= 15 is 0 Å². The van der Waals surface area contributed by atoms with Gasteiger partial charge in [0.05, 0.1) is 13.2 Å². The molecule has 1 saturated carbocycles. The second-order valence-corrected chi connectivity index (χ2v) is 5.15. The summed E-state index contributed by atoms with van der Waals surface area (Å²) in [4.78, 5) is 16.5. The SMILES string of the molecule is O=C(C1CC1)N1CCC(N2CCOCC2)C1. The van der Waals surface area contributed by atoms with Crippen LogP contribution in [0.25, 0.3) is 0 Å². The van der Waals surface area contributed by atoms with Gasteiger partial charge in [0.2, 0.25) is 5.91 Å². The number of carbonyl (C=O) groups excluding carboxylic acids is 1. The molecule has 0 spiro atoms. The molecule has 1 aliphatic carbocycles. The van der Waals surface area contributed by atoms with Crippen molar-refractivity contribution in [3.05, 3.63) is 0 Å². The fourth-order valence-electron chi connectivity index (χ4n) is 2.77. The lowest BCUT2D eigenvalue weighted by Gasteiger charge is -2.32. The summed E-state index contributed by atoms with van der Waals surface area (Å²) in [5.41, 5.74) is 0. The normalized spacial score (nSPS) is 32.0. The first kappa shape index (κ1) is 10.5. The number of rotatable bonds is 2. The zero-order valence-electron chi connectivity index (χ0n) is 9.73. The van der Waals surface area contributed by atoms with Crippen LogP contribution < -0.4 is 0 Å². The highest BCUT2D eigenvalue weighted by Crippen LogP contribution is 2.32. The van der Waals surface area contributed by atoms with E-state index in [0.29, 0.717) is 17.9 Å². The smallest absolute Gasteiger partial charge is 0.225 e. The highest BCUT2D eigenvalue weighted by Gasteiger charge is 2.38. The van der Waals surface area contributed by atoms with Crippen LogP contribution in [0, 0.1) is 5.92 Å². The van der Waals surface area contributed by atoms with Crippen LogP contribution in [0.4, 0.5) is 0 Å². The molecule has 2 heterocycles. The number of nitrogens with zero attached hydrogens (tertiary/aromatic N) is 2. The van der Waals surface area contributed by atoms with Gasteiger partial charge in [-0.15, -0.1) is 0 Å². The Morgan fingerprint density at radius 1 is 1.06 bits per heavy atom.